The van der Waals surface area contributed by atoms with Crippen LogP contribution in [-0.4, -0.2) is 20.6 Å². The van der Waals surface area contributed by atoms with Gasteiger partial charge in [-0.1, -0.05) is 0 Å². The number of benzene rings is 1. The molecule has 0 saturated heterocycles. The molecule has 0 heterocycles. The Morgan fingerprint density at radius 3 is 2.27 bits per heavy atom. The average molecular weight is 232 g/mol. The van der Waals surface area contributed by atoms with Crippen LogP contribution in [0.2, 0.25) is 0 Å². The van der Waals surface area contributed by atoms with E-state index in [9.17, 15) is 18.5 Å². The molecule has 0 aliphatic rings. The van der Waals surface area contributed by atoms with E-state index >= 15 is 0 Å². The maximum absolute atomic E-state index is 11.2. The lowest BCUT2D eigenvalue weighted by atomic mass is 10.3. The van der Waals surface area contributed by atoms with Gasteiger partial charge in [-0.2, -0.15) is 8.42 Å². The van der Waals surface area contributed by atoms with Crippen LogP contribution in [0.4, 0.5) is 0 Å². The minimum atomic E-state index is -4.09. The van der Waals surface area contributed by atoms with Crippen molar-refractivity contribution < 1.29 is 18.2 Å². The summed E-state index contributed by atoms with van der Waals surface area (Å²) >= 11 is 0. The van der Waals surface area contributed by atoms with Crippen LogP contribution in [0.25, 0.3) is 0 Å². The van der Waals surface area contributed by atoms with Gasteiger partial charge in [0.05, 0.1) is 12.0 Å². The molecule has 82 valence electrons. The molecular weight excluding hydrogens is 224 g/mol. The van der Waals surface area contributed by atoms with Crippen LogP contribution in [0.1, 0.15) is 0 Å². The first-order valence-electron chi connectivity index (χ1n) is 3.76. The Morgan fingerprint density at radius 1 is 1.33 bits per heavy atom. The van der Waals surface area contributed by atoms with Gasteiger partial charge >= 0.3 is 10.0 Å². The van der Waals surface area contributed by atoms with Gasteiger partial charge in [-0.3, -0.25) is 0 Å². The number of sulfonamides is 1. The summed E-state index contributed by atoms with van der Waals surface area (Å²) in [6.45, 7) is 0. The molecule has 0 amide bonds. The molecule has 15 heavy (non-hydrogen) atoms. The van der Waals surface area contributed by atoms with E-state index in [4.69, 9.17) is 4.74 Å². The monoisotopic (exact) mass is 232 g/mol. The molecule has 0 radical (unpaired) electrons. The summed E-state index contributed by atoms with van der Waals surface area (Å²) in [4.78, 5) is 11.0. The molecule has 0 spiro atoms. The second kappa shape index (κ2) is 4.13. The van der Waals surface area contributed by atoms with Gasteiger partial charge in [0.1, 0.15) is 5.75 Å². The lowest BCUT2D eigenvalue weighted by Gasteiger charge is -2.02. The molecule has 0 fully saturated rings. The molecule has 1 aromatic carbocycles. The van der Waals surface area contributed by atoms with E-state index in [-0.39, 0.29) is 4.90 Å². The van der Waals surface area contributed by atoms with Gasteiger partial charge < -0.3 is 4.74 Å². The molecule has 1 aromatic rings. The van der Waals surface area contributed by atoms with Crippen LogP contribution in [-0.2, 0) is 10.0 Å². The van der Waals surface area contributed by atoms with Gasteiger partial charge in [-0.25, -0.2) is 10.1 Å². The molecule has 8 heteroatoms. The van der Waals surface area contributed by atoms with Crippen molar-refractivity contribution in [1.29, 1.82) is 0 Å². The SMILES string of the molecule is COc1ccc(S(=O)(=O)N[N+](=O)[O-])cc1. The first kappa shape index (κ1) is 11.2. The van der Waals surface area contributed by atoms with Crippen molar-refractivity contribution in [1.82, 2.24) is 4.83 Å². The summed E-state index contributed by atoms with van der Waals surface area (Å²) in [7, 11) is -2.66. The Hall–Kier alpha value is -1.83. The third-order valence-corrected chi connectivity index (χ3v) is 2.85. The van der Waals surface area contributed by atoms with Crippen molar-refractivity contribution in [2.75, 3.05) is 7.11 Å². The summed E-state index contributed by atoms with van der Waals surface area (Å²) < 4.78 is 27.3. The fraction of sp³-hybridized carbons (Fsp3) is 0.143. The quantitative estimate of drug-likeness (QED) is 0.589. The molecular formula is C7H8N2O5S. The normalized spacial score (nSPS) is 10.7. The number of nitrogens with zero attached hydrogens (tertiary/aromatic N) is 1. The lowest BCUT2D eigenvalue weighted by Crippen LogP contribution is -2.29. The maximum atomic E-state index is 11.2. The number of hydrogen-bond donors (Lipinski definition) is 1. The van der Waals surface area contributed by atoms with E-state index in [1.54, 1.807) is 0 Å². The number of rotatable bonds is 4. The van der Waals surface area contributed by atoms with Gasteiger partial charge in [0.25, 0.3) is 0 Å². The molecule has 1 N–H and O–H groups in total. The van der Waals surface area contributed by atoms with Crippen molar-refractivity contribution >= 4 is 10.0 Å². The van der Waals surface area contributed by atoms with Crippen molar-refractivity contribution in [2.45, 2.75) is 4.90 Å². The number of nitrogens with one attached hydrogen (secondary N) is 1. The molecule has 7 nitrogen and oxygen atoms in total. The van der Waals surface area contributed by atoms with Crippen LogP contribution in [0.3, 0.4) is 0 Å². The summed E-state index contributed by atoms with van der Waals surface area (Å²) in [5.41, 5.74) is 0. The van der Waals surface area contributed by atoms with Gasteiger partial charge in [-0.05, 0) is 29.1 Å². The van der Waals surface area contributed by atoms with Gasteiger partial charge in [-0.15, -0.1) is 0 Å². The molecule has 1 rings (SSSR count). The summed E-state index contributed by atoms with van der Waals surface area (Å²) in [5, 5.41) is 8.88. The number of nitro groups is 1. The fourth-order valence-electron chi connectivity index (χ4n) is 0.906. The topological polar surface area (TPSA) is 98.5 Å². The first-order valence-corrected chi connectivity index (χ1v) is 5.25. The summed E-state index contributed by atoms with van der Waals surface area (Å²) in [6, 6.07) is 5.22. The molecule has 0 aliphatic heterocycles. The second-order valence-electron chi connectivity index (χ2n) is 2.53. The molecule has 0 saturated carbocycles. The number of ether oxygens (including phenoxy) is 1. The Labute approximate surface area is 85.8 Å². The van der Waals surface area contributed by atoms with Gasteiger partial charge in [0.2, 0.25) is 0 Å². The molecule has 0 aliphatic carbocycles. The minimum Gasteiger partial charge on any atom is -0.497 e. The van der Waals surface area contributed by atoms with Gasteiger partial charge in [0, 0.05) is 0 Å². The number of hydrogen-bond acceptors (Lipinski definition) is 5. The first-order chi connectivity index (χ1) is 6.95. The number of methoxy groups -OCH3 is 1. The van der Waals surface area contributed by atoms with E-state index in [1.807, 2.05) is 0 Å². The summed E-state index contributed by atoms with van der Waals surface area (Å²) in [6.07, 6.45) is 0. The zero-order valence-corrected chi connectivity index (χ0v) is 8.52. The van der Waals surface area contributed by atoms with Crippen LogP contribution >= 0.6 is 0 Å². The van der Waals surface area contributed by atoms with E-state index in [1.165, 1.54) is 36.2 Å². The van der Waals surface area contributed by atoms with Gasteiger partial charge in [0.15, 0.2) is 5.03 Å². The van der Waals surface area contributed by atoms with E-state index < -0.39 is 15.1 Å². The highest BCUT2D eigenvalue weighted by Gasteiger charge is 2.18. The molecule has 0 unspecified atom stereocenters. The predicted octanol–water partition coefficient (Wildman–Crippen LogP) is 0.165. The molecule has 0 atom stereocenters. The van der Waals surface area contributed by atoms with Crippen molar-refractivity contribution in [2.24, 2.45) is 0 Å². The Bertz CT molecular complexity index is 453. The highest BCUT2D eigenvalue weighted by atomic mass is 32.2. The standard InChI is InChI=1S/C7H8N2O5S/c1-14-6-2-4-7(5-3-6)15(12,13)8-9(10)11/h2-5,8H,1H3. The zero-order chi connectivity index (χ0) is 11.5. The third kappa shape index (κ3) is 2.81. The fourth-order valence-corrected chi connectivity index (χ4v) is 1.70. The Balaban J connectivity index is 3.01. The third-order valence-electron chi connectivity index (χ3n) is 1.56. The van der Waals surface area contributed by atoms with E-state index in [0.717, 1.165) is 0 Å². The molecule has 0 bridgehead atoms. The average Bonchev–Trinajstić information content (AvgIpc) is 2.16. The van der Waals surface area contributed by atoms with E-state index in [0.29, 0.717) is 5.75 Å². The second-order valence-corrected chi connectivity index (χ2v) is 4.19. The highest BCUT2D eigenvalue weighted by molar-refractivity contribution is 7.89. The lowest BCUT2D eigenvalue weighted by molar-refractivity contribution is -0.518. The maximum Gasteiger partial charge on any atom is 0.311 e. The Morgan fingerprint density at radius 2 is 1.87 bits per heavy atom. The Kier molecular flexibility index (Phi) is 3.10. The predicted molar refractivity (Wildman–Crippen MR) is 50.3 cm³/mol. The van der Waals surface area contributed by atoms with Crippen LogP contribution in [0.15, 0.2) is 29.2 Å². The number of hydrazine groups is 1. The smallest absolute Gasteiger partial charge is 0.311 e. The van der Waals surface area contributed by atoms with E-state index in [2.05, 4.69) is 0 Å². The molecule has 0 aromatic heterocycles. The van der Waals surface area contributed by atoms with Crippen LogP contribution in [0.5, 0.6) is 5.75 Å². The summed E-state index contributed by atoms with van der Waals surface area (Å²) in [5.74, 6) is 0.468. The highest BCUT2D eigenvalue weighted by Crippen LogP contribution is 2.14. The van der Waals surface area contributed by atoms with Crippen LogP contribution < -0.4 is 9.57 Å². The van der Waals surface area contributed by atoms with Crippen molar-refractivity contribution in [3.8, 4) is 5.75 Å². The van der Waals surface area contributed by atoms with Crippen LogP contribution in [0, 0.1) is 10.1 Å². The zero-order valence-electron chi connectivity index (χ0n) is 7.71. The van der Waals surface area contributed by atoms with Crippen molar-refractivity contribution in [3.63, 3.8) is 0 Å². The minimum absolute atomic E-state index is 0.194. The largest absolute Gasteiger partial charge is 0.497 e. The van der Waals surface area contributed by atoms with Crippen molar-refractivity contribution in [3.05, 3.63) is 34.4 Å².